The molecule has 1 N–H and O–H groups in total. The van der Waals surface area contributed by atoms with Crippen LogP contribution in [-0.4, -0.2) is 12.9 Å². The van der Waals surface area contributed by atoms with Gasteiger partial charge in [0.25, 0.3) is 0 Å². The highest BCUT2D eigenvalue weighted by Crippen LogP contribution is 2.52. The van der Waals surface area contributed by atoms with Crippen molar-refractivity contribution in [2.45, 2.75) is 22.5 Å². The summed E-state index contributed by atoms with van der Waals surface area (Å²) in [5, 5.41) is 3.46. The predicted molar refractivity (Wildman–Crippen MR) is 114 cm³/mol. The number of rotatable bonds is 3. The lowest BCUT2D eigenvalue weighted by molar-refractivity contribution is -0.122. The highest BCUT2D eigenvalue weighted by Gasteiger charge is 2.41. The van der Waals surface area contributed by atoms with Gasteiger partial charge in [-0.25, -0.2) is 0 Å². The number of para-hydroxylation sites is 2. The van der Waals surface area contributed by atoms with E-state index in [2.05, 4.69) is 23.5 Å². The fourth-order valence-electron chi connectivity index (χ4n) is 4.23. The van der Waals surface area contributed by atoms with Crippen LogP contribution in [0.25, 0.3) is 0 Å². The van der Waals surface area contributed by atoms with Gasteiger partial charge in [0.1, 0.15) is 17.3 Å². The van der Waals surface area contributed by atoms with Gasteiger partial charge in [0.2, 0.25) is 0 Å². The average Bonchev–Trinajstić information content (AvgIpc) is 3.22. The number of thioether (sulfide) groups is 1. The minimum Gasteiger partial charge on any atom is -0.496 e. The van der Waals surface area contributed by atoms with Gasteiger partial charge in [-0.3, -0.25) is 4.79 Å². The third-order valence-corrected chi connectivity index (χ3v) is 6.94. The minimum atomic E-state index is -0.274. The number of methoxy groups -OCH3 is 1. The van der Waals surface area contributed by atoms with Crippen molar-refractivity contribution in [2.24, 2.45) is 5.92 Å². The first-order chi connectivity index (χ1) is 14.2. The number of benzene rings is 2. The molecule has 146 valence electrons. The zero-order valence-corrected chi connectivity index (χ0v) is 16.8. The molecule has 0 unspecified atom stereocenters. The fourth-order valence-corrected chi connectivity index (χ4v) is 5.59. The molecular formula is C24H21NO3S. The third-order valence-electron chi connectivity index (χ3n) is 5.57. The Morgan fingerprint density at radius 2 is 1.90 bits per heavy atom. The van der Waals surface area contributed by atoms with E-state index in [0.717, 1.165) is 33.4 Å². The lowest BCUT2D eigenvalue weighted by Crippen LogP contribution is -2.30. The second-order valence-corrected chi connectivity index (χ2v) is 8.48. The summed E-state index contributed by atoms with van der Waals surface area (Å²) in [5.74, 6) is 1.56. The van der Waals surface area contributed by atoms with Gasteiger partial charge in [0.15, 0.2) is 0 Å². The molecule has 0 radical (unpaired) electrons. The Hall–Kier alpha value is -2.92. The van der Waals surface area contributed by atoms with E-state index in [-0.39, 0.29) is 22.9 Å². The largest absolute Gasteiger partial charge is 0.496 e. The summed E-state index contributed by atoms with van der Waals surface area (Å²) in [7, 11) is 1.67. The summed E-state index contributed by atoms with van der Waals surface area (Å²) in [6.45, 7) is 0. The summed E-state index contributed by atoms with van der Waals surface area (Å²) < 4.78 is 11.3. The molecule has 1 aliphatic carbocycles. The predicted octanol–water partition coefficient (Wildman–Crippen LogP) is 5.80. The summed E-state index contributed by atoms with van der Waals surface area (Å²) >= 11 is 1.69. The summed E-state index contributed by atoms with van der Waals surface area (Å²) in [6, 6.07) is 19.9. The SMILES string of the molecule is COc1ccccc1[C@@H]1C=C2Nc3ccccc3S[C@H](c3ccco3)[C@@H]2C(=O)C1. The van der Waals surface area contributed by atoms with Crippen molar-refractivity contribution in [1.82, 2.24) is 0 Å². The Morgan fingerprint density at radius 1 is 1.07 bits per heavy atom. The third kappa shape index (κ3) is 3.25. The number of hydrogen-bond donors (Lipinski definition) is 1. The Bertz CT molecular complexity index is 1070. The van der Waals surface area contributed by atoms with Crippen LogP contribution in [-0.2, 0) is 4.79 Å². The van der Waals surface area contributed by atoms with E-state index in [1.807, 2.05) is 48.5 Å². The lowest BCUT2D eigenvalue weighted by Gasteiger charge is -2.31. The molecule has 2 aliphatic rings. The van der Waals surface area contributed by atoms with Gasteiger partial charge >= 0.3 is 0 Å². The van der Waals surface area contributed by atoms with Crippen molar-refractivity contribution in [3.05, 3.63) is 90.0 Å². The number of ether oxygens (including phenoxy) is 1. The fraction of sp³-hybridized carbons (Fsp3) is 0.208. The maximum Gasteiger partial charge on any atom is 0.144 e. The molecular weight excluding hydrogens is 382 g/mol. The van der Waals surface area contributed by atoms with Gasteiger partial charge in [-0.1, -0.05) is 36.4 Å². The van der Waals surface area contributed by atoms with Crippen molar-refractivity contribution in [2.75, 3.05) is 12.4 Å². The first-order valence-corrected chi connectivity index (χ1v) is 10.6. The van der Waals surface area contributed by atoms with Crippen molar-refractivity contribution in [3.8, 4) is 5.75 Å². The molecule has 5 heteroatoms. The van der Waals surface area contributed by atoms with Crippen molar-refractivity contribution in [3.63, 3.8) is 0 Å². The number of allylic oxidation sites excluding steroid dienone is 2. The number of fused-ring (bicyclic) bond motifs is 2. The average molecular weight is 404 g/mol. The molecule has 0 bridgehead atoms. The van der Waals surface area contributed by atoms with Crippen LogP contribution in [0.15, 0.2) is 88.0 Å². The van der Waals surface area contributed by atoms with Crippen LogP contribution in [0.2, 0.25) is 0 Å². The second-order valence-electron chi connectivity index (χ2n) is 7.29. The van der Waals surface area contributed by atoms with Crippen LogP contribution in [0.3, 0.4) is 0 Å². The topological polar surface area (TPSA) is 51.5 Å². The molecule has 4 nitrogen and oxygen atoms in total. The van der Waals surface area contributed by atoms with Crippen molar-refractivity contribution < 1.29 is 13.9 Å². The quantitative estimate of drug-likeness (QED) is 0.599. The van der Waals surface area contributed by atoms with E-state index in [1.54, 1.807) is 25.1 Å². The highest BCUT2D eigenvalue weighted by atomic mass is 32.2. The van der Waals surface area contributed by atoms with Gasteiger partial charge in [-0.05, 0) is 30.3 Å². The van der Waals surface area contributed by atoms with E-state index < -0.39 is 0 Å². The van der Waals surface area contributed by atoms with Crippen molar-refractivity contribution in [1.29, 1.82) is 0 Å². The number of furan rings is 1. The first-order valence-electron chi connectivity index (χ1n) is 9.68. The smallest absolute Gasteiger partial charge is 0.144 e. The van der Waals surface area contributed by atoms with Crippen LogP contribution in [0, 0.1) is 5.92 Å². The van der Waals surface area contributed by atoms with Crippen LogP contribution in [0.4, 0.5) is 5.69 Å². The second kappa shape index (κ2) is 7.48. The maximum atomic E-state index is 13.4. The molecule has 0 saturated heterocycles. The van der Waals surface area contributed by atoms with E-state index in [0.29, 0.717) is 6.42 Å². The van der Waals surface area contributed by atoms with Crippen LogP contribution in [0.5, 0.6) is 5.75 Å². The molecule has 3 atom stereocenters. The maximum absolute atomic E-state index is 13.4. The lowest BCUT2D eigenvalue weighted by atomic mass is 9.79. The van der Waals surface area contributed by atoms with Gasteiger partial charge < -0.3 is 14.5 Å². The molecule has 1 aromatic heterocycles. The standard InChI is InChI=1S/C24H21NO3S/c1-27-20-9-4-2-7-16(20)15-13-18-23(19(26)14-15)24(21-10-6-12-28-21)29-22-11-5-3-8-17(22)25-18/h2-13,15,23-25H,14H2,1H3/t15-,23+,24-/m1/s1. The zero-order valence-electron chi connectivity index (χ0n) is 16.0. The molecule has 0 fully saturated rings. The Balaban J connectivity index is 1.63. The van der Waals surface area contributed by atoms with Crippen LogP contribution >= 0.6 is 11.8 Å². The molecule has 29 heavy (non-hydrogen) atoms. The number of nitrogens with one attached hydrogen (secondary N) is 1. The van der Waals surface area contributed by atoms with Gasteiger partial charge in [0, 0.05) is 28.5 Å². The number of Topliss-reactive ketones (excluding diaryl/α,β-unsaturated/α-hetero) is 1. The van der Waals surface area contributed by atoms with Crippen molar-refractivity contribution >= 4 is 23.2 Å². The molecule has 0 spiro atoms. The molecule has 2 heterocycles. The van der Waals surface area contributed by atoms with Gasteiger partial charge in [-0.2, -0.15) is 0 Å². The minimum absolute atomic E-state index is 0.0232. The normalized spacial score (nSPS) is 23.3. The highest BCUT2D eigenvalue weighted by molar-refractivity contribution is 7.99. The molecule has 5 rings (SSSR count). The summed E-state index contributed by atoms with van der Waals surface area (Å²) in [6.07, 6.45) is 4.32. The Kier molecular flexibility index (Phi) is 4.68. The number of carbonyl (C=O) groups excluding carboxylic acids is 1. The molecule has 3 aromatic rings. The van der Waals surface area contributed by atoms with E-state index >= 15 is 0 Å². The molecule has 1 aliphatic heterocycles. The monoisotopic (exact) mass is 403 g/mol. The summed E-state index contributed by atoms with van der Waals surface area (Å²) in [5.41, 5.74) is 3.00. The molecule has 0 amide bonds. The Labute approximate surface area is 174 Å². The molecule has 0 saturated carbocycles. The number of ketones is 1. The van der Waals surface area contributed by atoms with Gasteiger partial charge in [-0.15, -0.1) is 11.8 Å². The number of anilines is 1. The number of hydrogen-bond acceptors (Lipinski definition) is 5. The van der Waals surface area contributed by atoms with E-state index in [1.165, 1.54) is 0 Å². The Morgan fingerprint density at radius 3 is 2.72 bits per heavy atom. The van der Waals surface area contributed by atoms with Crippen LogP contribution in [0.1, 0.15) is 28.9 Å². The number of carbonyl (C=O) groups is 1. The molecule has 2 aromatic carbocycles. The summed E-state index contributed by atoms with van der Waals surface area (Å²) in [4.78, 5) is 14.6. The first kappa shape index (κ1) is 18.1. The van der Waals surface area contributed by atoms with Gasteiger partial charge in [0.05, 0.1) is 30.2 Å². The van der Waals surface area contributed by atoms with E-state index in [9.17, 15) is 4.79 Å². The van der Waals surface area contributed by atoms with E-state index in [4.69, 9.17) is 9.15 Å². The van der Waals surface area contributed by atoms with Crippen LogP contribution < -0.4 is 10.1 Å². The zero-order chi connectivity index (χ0) is 19.8.